The molecule has 2 atom stereocenters. The molecule has 1 aromatic heterocycles. The van der Waals surface area contributed by atoms with Crippen molar-refractivity contribution >= 4 is 39.9 Å². The maximum atomic E-state index is 12.4. The SMILES string of the molecule is Cl.O=C(NC1CCCC1)c1ccc2nc(C3CCNCC3O)sc2c1. The number of nitrogens with one attached hydrogen (secondary N) is 2. The molecule has 2 aromatic rings. The zero-order valence-electron chi connectivity index (χ0n) is 14.0. The van der Waals surface area contributed by atoms with Crippen LogP contribution >= 0.6 is 23.7 Å². The molecule has 4 rings (SSSR count). The van der Waals surface area contributed by atoms with E-state index in [2.05, 4.69) is 15.6 Å². The molecule has 2 unspecified atom stereocenters. The molecule has 0 spiro atoms. The molecule has 1 aliphatic heterocycles. The highest BCUT2D eigenvalue weighted by Gasteiger charge is 2.27. The molecule has 2 fully saturated rings. The standard InChI is InChI=1S/C18H23N3O2S.ClH/c22-15-10-19-8-7-13(15)18-21-14-6-5-11(9-16(14)24-18)17(23)20-12-3-1-2-4-12;/h5-6,9,12-13,15,19,22H,1-4,7-8,10H2,(H,20,23);1H. The quantitative estimate of drug-likeness (QED) is 0.764. The lowest BCUT2D eigenvalue weighted by molar-refractivity contribution is 0.0938. The first-order chi connectivity index (χ1) is 11.7. The van der Waals surface area contributed by atoms with Gasteiger partial charge >= 0.3 is 0 Å². The topological polar surface area (TPSA) is 74.2 Å². The Kier molecular flexibility index (Phi) is 5.94. The average molecular weight is 382 g/mol. The highest BCUT2D eigenvalue weighted by molar-refractivity contribution is 7.18. The number of rotatable bonds is 3. The number of carbonyl (C=O) groups is 1. The molecular formula is C18H24ClN3O2S. The molecule has 1 saturated carbocycles. The first-order valence-electron chi connectivity index (χ1n) is 8.81. The van der Waals surface area contributed by atoms with Crippen LogP contribution in [0.3, 0.4) is 0 Å². The third kappa shape index (κ3) is 3.97. The number of aliphatic hydroxyl groups excluding tert-OH is 1. The Bertz CT molecular complexity index is 745. The van der Waals surface area contributed by atoms with Crippen LogP contribution in [0.25, 0.3) is 10.2 Å². The van der Waals surface area contributed by atoms with E-state index in [9.17, 15) is 9.90 Å². The summed E-state index contributed by atoms with van der Waals surface area (Å²) in [5.41, 5.74) is 1.62. The van der Waals surface area contributed by atoms with E-state index in [4.69, 9.17) is 0 Å². The summed E-state index contributed by atoms with van der Waals surface area (Å²) in [5.74, 6) is 0.111. The number of fused-ring (bicyclic) bond motifs is 1. The number of carbonyl (C=O) groups excluding carboxylic acids is 1. The van der Waals surface area contributed by atoms with Gasteiger partial charge < -0.3 is 15.7 Å². The summed E-state index contributed by atoms with van der Waals surface area (Å²) >= 11 is 1.60. The Hall–Kier alpha value is -1.21. The van der Waals surface area contributed by atoms with Gasteiger partial charge in [-0.3, -0.25) is 4.79 Å². The average Bonchev–Trinajstić information content (AvgIpc) is 3.23. The minimum absolute atomic E-state index is 0. The van der Waals surface area contributed by atoms with Crippen molar-refractivity contribution in [2.75, 3.05) is 13.1 Å². The van der Waals surface area contributed by atoms with Gasteiger partial charge in [-0.2, -0.15) is 0 Å². The Labute approximate surface area is 157 Å². The summed E-state index contributed by atoms with van der Waals surface area (Å²) in [4.78, 5) is 17.1. The number of aliphatic hydroxyl groups is 1. The maximum Gasteiger partial charge on any atom is 0.251 e. The fourth-order valence-electron chi connectivity index (χ4n) is 3.71. The zero-order chi connectivity index (χ0) is 16.5. The molecule has 0 bridgehead atoms. The predicted octanol–water partition coefficient (Wildman–Crippen LogP) is 2.83. The van der Waals surface area contributed by atoms with Crippen molar-refractivity contribution < 1.29 is 9.90 Å². The van der Waals surface area contributed by atoms with Gasteiger partial charge in [0.05, 0.1) is 21.3 Å². The van der Waals surface area contributed by atoms with Gasteiger partial charge in [0.2, 0.25) is 0 Å². The Morgan fingerprint density at radius 1 is 1.28 bits per heavy atom. The van der Waals surface area contributed by atoms with Crippen LogP contribution in [0.5, 0.6) is 0 Å². The monoisotopic (exact) mass is 381 g/mol. The fraction of sp³-hybridized carbons (Fsp3) is 0.556. The third-order valence-electron chi connectivity index (χ3n) is 5.12. The number of nitrogens with zero attached hydrogens (tertiary/aromatic N) is 1. The first kappa shape index (κ1) is 18.6. The molecule has 1 amide bonds. The van der Waals surface area contributed by atoms with Crippen LogP contribution in [0, 0.1) is 0 Å². The Morgan fingerprint density at radius 2 is 2.08 bits per heavy atom. The van der Waals surface area contributed by atoms with Crippen LogP contribution < -0.4 is 10.6 Å². The second-order valence-corrected chi connectivity index (χ2v) is 7.92. The molecule has 25 heavy (non-hydrogen) atoms. The van der Waals surface area contributed by atoms with Gasteiger partial charge in [0.25, 0.3) is 5.91 Å². The van der Waals surface area contributed by atoms with E-state index < -0.39 is 0 Å². The van der Waals surface area contributed by atoms with E-state index in [0.29, 0.717) is 18.2 Å². The summed E-state index contributed by atoms with van der Waals surface area (Å²) in [7, 11) is 0. The van der Waals surface area contributed by atoms with E-state index in [1.807, 2.05) is 18.2 Å². The van der Waals surface area contributed by atoms with Crippen molar-refractivity contribution in [2.24, 2.45) is 0 Å². The number of hydrogen-bond donors (Lipinski definition) is 3. The van der Waals surface area contributed by atoms with Gasteiger partial charge in [-0.05, 0) is 44.0 Å². The molecule has 2 aliphatic rings. The van der Waals surface area contributed by atoms with E-state index in [-0.39, 0.29) is 30.3 Å². The van der Waals surface area contributed by atoms with Crippen LogP contribution in [0.1, 0.15) is 53.4 Å². The fourth-order valence-corrected chi connectivity index (χ4v) is 4.91. The largest absolute Gasteiger partial charge is 0.391 e. The van der Waals surface area contributed by atoms with Gasteiger partial charge in [-0.1, -0.05) is 12.8 Å². The highest BCUT2D eigenvalue weighted by Crippen LogP contribution is 2.33. The number of halogens is 1. The minimum Gasteiger partial charge on any atom is -0.391 e. The Balaban J connectivity index is 0.00000182. The summed E-state index contributed by atoms with van der Waals surface area (Å²) < 4.78 is 1.02. The van der Waals surface area contributed by atoms with E-state index in [1.165, 1.54) is 12.8 Å². The molecule has 1 aliphatic carbocycles. The van der Waals surface area contributed by atoms with Crippen LogP contribution in [0.15, 0.2) is 18.2 Å². The minimum atomic E-state index is -0.385. The highest BCUT2D eigenvalue weighted by atomic mass is 35.5. The zero-order valence-corrected chi connectivity index (χ0v) is 15.7. The lowest BCUT2D eigenvalue weighted by Crippen LogP contribution is -2.39. The summed E-state index contributed by atoms with van der Waals surface area (Å²) in [6.07, 6.45) is 5.11. The Morgan fingerprint density at radius 3 is 2.84 bits per heavy atom. The molecule has 3 N–H and O–H groups in total. The molecular weight excluding hydrogens is 358 g/mol. The van der Waals surface area contributed by atoms with E-state index in [1.54, 1.807) is 11.3 Å². The number of β-amino-alcohol motifs (C(OH)–C–C–N with tert-alkyl or cyclic N) is 1. The van der Waals surface area contributed by atoms with Crippen molar-refractivity contribution in [2.45, 2.75) is 50.2 Å². The van der Waals surface area contributed by atoms with Crippen molar-refractivity contribution in [3.63, 3.8) is 0 Å². The molecule has 1 saturated heterocycles. The second kappa shape index (κ2) is 7.99. The maximum absolute atomic E-state index is 12.4. The molecule has 5 nitrogen and oxygen atoms in total. The number of aromatic nitrogens is 1. The van der Waals surface area contributed by atoms with Crippen LogP contribution in [-0.4, -0.2) is 41.2 Å². The van der Waals surface area contributed by atoms with Crippen LogP contribution in [-0.2, 0) is 0 Å². The summed E-state index contributed by atoms with van der Waals surface area (Å²) in [5, 5.41) is 17.5. The van der Waals surface area contributed by atoms with Gasteiger partial charge in [-0.15, -0.1) is 23.7 Å². The second-order valence-electron chi connectivity index (χ2n) is 6.86. The predicted molar refractivity (Wildman–Crippen MR) is 103 cm³/mol. The van der Waals surface area contributed by atoms with Gasteiger partial charge in [0.1, 0.15) is 0 Å². The molecule has 0 radical (unpaired) electrons. The first-order valence-corrected chi connectivity index (χ1v) is 9.62. The number of hydrogen-bond acceptors (Lipinski definition) is 5. The summed E-state index contributed by atoms with van der Waals surface area (Å²) in [6, 6.07) is 6.05. The third-order valence-corrected chi connectivity index (χ3v) is 6.27. The molecule has 1 aromatic carbocycles. The van der Waals surface area contributed by atoms with Gasteiger partial charge in [-0.25, -0.2) is 4.98 Å². The number of amides is 1. The van der Waals surface area contributed by atoms with Crippen molar-refractivity contribution in [1.82, 2.24) is 15.6 Å². The van der Waals surface area contributed by atoms with E-state index >= 15 is 0 Å². The van der Waals surface area contributed by atoms with Crippen LogP contribution in [0.4, 0.5) is 0 Å². The lowest BCUT2D eigenvalue weighted by atomic mass is 9.96. The normalized spacial score (nSPS) is 24.2. The van der Waals surface area contributed by atoms with Crippen molar-refractivity contribution in [1.29, 1.82) is 0 Å². The van der Waals surface area contributed by atoms with E-state index in [0.717, 1.165) is 41.0 Å². The van der Waals surface area contributed by atoms with Gasteiger partial charge in [0.15, 0.2) is 0 Å². The lowest BCUT2D eigenvalue weighted by Gasteiger charge is -2.26. The number of piperidine rings is 1. The number of thiazole rings is 1. The van der Waals surface area contributed by atoms with Crippen molar-refractivity contribution in [3.8, 4) is 0 Å². The summed E-state index contributed by atoms with van der Waals surface area (Å²) in [6.45, 7) is 1.53. The molecule has 136 valence electrons. The molecule has 7 heteroatoms. The smallest absolute Gasteiger partial charge is 0.251 e. The van der Waals surface area contributed by atoms with Crippen molar-refractivity contribution in [3.05, 3.63) is 28.8 Å². The molecule has 2 heterocycles. The van der Waals surface area contributed by atoms with Crippen LogP contribution in [0.2, 0.25) is 0 Å². The number of benzene rings is 1. The van der Waals surface area contributed by atoms with Gasteiger partial charge in [0, 0.05) is 24.1 Å².